The van der Waals surface area contributed by atoms with Crippen molar-refractivity contribution in [2.24, 2.45) is 5.92 Å². The van der Waals surface area contributed by atoms with E-state index >= 15 is 0 Å². The summed E-state index contributed by atoms with van der Waals surface area (Å²) >= 11 is 0. The van der Waals surface area contributed by atoms with Crippen molar-refractivity contribution in [3.05, 3.63) is 30.2 Å². The topological polar surface area (TPSA) is 58.8 Å². The molecule has 0 N–H and O–H groups in total. The minimum Gasteiger partial charge on any atom is -0.375 e. The third-order valence-corrected chi connectivity index (χ3v) is 4.45. The van der Waals surface area contributed by atoms with E-state index < -0.39 is 0 Å². The molecule has 2 aliphatic rings. The number of amides is 1. The SMILES string of the molecule is C=CCN1CCO[C@@H]2CN(C(=O)c3cc(C)on3)CC[C@@H]2C1. The van der Waals surface area contributed by atoms with Gasteiger partial charge >= 0.3 is 0 Å². The summed E-state index contributed by atoms with van der Waals surface area (Å²) in [6.45, 7) is 10.5. The average Bonchev–Trinajstić information content (AvgIpc) is 2.84. The van der Waals surface area contributed by atoms with Gasteiger partial charge in [-0.15, -0.1) is 6.58 Å². The number of carbonyl (C=O) groups excluding carboxylic acids is 1. The first kappa shape index (κ1) is 15.2. The lowest BCUT2D eigenvalue weighted by Crippen LogP contribution is -2.49. The van der Waals surface area contributed by atoms with E-state index in [1.165, 1.54) is 0 Å². The van der Waals surface area contributed by atoms with Gasteiger partial charge in [0.25, 0.3) is 5.91 Å². The molecule has 0 spiro atoms. The third kappa shape index (κ3) is 3.23. The molecule has 6 heteroatoms. The molecule has 0 unspecified atom stereocenters. The van der Waals surface area contributed by atoms with Gasteiger partial charge in [-0.2, -0.15) is 0 Å². The van der Waals surface area contributed by atoms with Crippen molar-refractivity contribution < 1.29 is 14.1 Å². The van der Waals surface area contributed by atoms with Crippen molar-refractivity contribution in [3.63, 3.8) is 0 Å². The fourth-order valence-electron chi connectivity index (χ4n) is 3.28. The predicted molar refractivity (Wildman–Crippen MR) is 81.6 cm³/mol. The van der Waals surface area contributed by atoms with Gasteiger partial charge in [0, 0.05) is 44.7 Å². The van der Waals surface area contributed by atoms with E-state index in [-0.39, 0.29) is 12.0 Å². The van der Waals surface area contributed by atoms with Crippen molar-refractivity contribution >= 4 is 5.91 Å². The molecule has 0 bridgehead atoms. The lowest BCUT2D eigenvalue weighted by atomic mass is 9.93. The maximum absolute atomic E-state index is 12.5. The van der Waals surface area contributed by atoms with Crippen LogP contribution < -0.4 is 0 Å². The molecule has 2 atom stereocenters. The Labute approximate surface area is 130 Å². The van der Waals surface area contributed by atoms with Crippen LogP contribution in [0.1, 0.15) is 22.7 Å². The maximum Gasteiger partial charge on any atom is 0.276 e. The number of fused-ring (bicyclic) bond motifs is 1. The van der Waals surface area contributed by atoms with Crippen LogP contribution in [0.5, 0.6) is 0 Å². The summed E-state index contributed by atoms with van der Waals surface area (Å²) in [7, 11) is 0. The summed E-state index contributed by atoms with van der Waals surface area (Å²) < 4.78 is 11.0. The Morgan fingerprint density at radius 2 is 2.36 bits per heavy atom. The Kier molecular flexibility index (Phi) is 4.59. The van der Waals surface area contributed by atoms with Crippen molar-refractivity contribution in [1.82, 2.24) is 15.0 Å². The number of ether oxygens (including phenoxy) is 1. The molecule has 0 saturated carbocycles. The first-order chi connectivity index (χ1) is 10.7. The summed E-state index contributed by atoms with van der Waals surface area (Å²) in [4.78, 5) is 16.7. The maximum atomic E-state index is 12.5. The molecule has 1 aromatic rings. The van der Waals surface area contributed by atoms with E-state index in [1.807, 2.05) is 11.0 Å². The number of aromatic nitrogens is 1. The molecular weight excluding hydrogens is 282 g/mol. The number of nitrogens with zero attached hydrogens (tertiary/aromatic N) is 3. The van der Waals surface area contributed by atoms with Crippen molar-refractivity contribution in [2.75, 3.05) is 39.3 Å². The number of hydrogen-bond acceptors (Lipinski definition) is 5. The smallest absolute Gasteiger partial charge is 0.276 e. The van der Waals surface area contributed by atoms with Crippen molar-refractivity contribution in [3.8, 4) is 0 Å². The van der Waals surface area contributed by atoms with Crippen LogP contribution in [-0.2, 0) is 4.74 Å². The third-order valence-electron chi connectivity index (χ3n) is 4.45. The molecule has 6 nitrogen and oxygen atoms in total. The minimum absolute atomic E-state index is 0.0638. The summed E-state index contributed by atoms with van der Waals surface area (Å²) in [6.07, 6.45) is 3.01. The quantitative estimate of drug-likeness (QED) is 0.789. The van der Waals surface area contributed by atoms with Crippen molar-refractivity contribution in [1.29, 1.82) is 0 Å². The second-order valence-electron chi connectivity index (χ2n) is 6.08. The number of hydrogen-bond donors (Lipinski definition) is 0. The van der Waals surface area contributed by atoms with Crippen LogP contribution in [0.15, 0.2) is 23.2 Å². The molecule has 120 valence electrons. The number of rotatable bonds is 3. The molecule has 0 aromatic carbocycles. The highest BCUT2D eigenvalue weighted by molar-refractivity contribution is 5.92. The standard InChI is InChI=1S/C16H23N3O3/c1-3-5-18-7-8-21-15-11-19(6-4-13(15)10-18)16(20)14-9-12(2)22-17-14/h3,9,13,15H,1,4-8,10-11H2,2H3/t13-,15-/m1/s1. The van der Waals surface area contributed by atoms with Crippen LogP contribution in [0.3, 0.4) is 0 Å². The number of carbonyl (C=O) groups is 1. The normalized spacial score (nSPS) is 26.3. The van der Waals surface area contributed by atoms with Gasteiger partial charge in [-0.1, -0.05) is 11.2 Å². The highest BCUT2D eigenvalue weighted by atomic mass is 16.5. The molecule has 2 saturated heterocycles. The summed E-state index contributed by atoms with van der Waals surface area (Å²) in [5.74, 6) is 1.07. The lowest BCUT2D eigenvalue weighted by Gasteiger charge is -2.37. The number of aryl methyl sites for hydroxylation is 1. The zero-order valence-corrected chi connectivity index (χ0v) is 13.0. The van der Waals surface area contributed by atoms with Gasteiger partial charge in [0.1, 0.15) is 5.76 Å². The van der Waals surface area contributed by atoms with Crippen LogP contribution >= 0.6 is 0 Å². The summed E-state index contributed by atoms with van der Waals surface area (Å²) in [6, 6.07) is 1.69. The highest BCUT2D eigenvalue weighted by Gasteiger charge is 2.35. The van der Waals surface area contributed by atoms with Crippen LogP contribution in [0.4, 0.5) is 0 Å². The summed E-state index contributed by atoms with van der Waals surface area (Å²) in [5.41, 5.74) is 0.387. The van der Waals surface area contributed by atoms with Crippen LogP contribution in [0.2, 0.25) is 0 Å². The van der Waals surface area contributed by atoms with Gasteiger partial charge in [0.15, 0.2) is 5.69 Å². The predicted octanol–water partition coefficient (Wildman–Crippen LogP) is 1.33. The van der Waals surface area contributed by atoms with Crippen LogP contribution in [0, 0.1) is 12.8 Å². The first-order valence-electron chi connectivity index (χ1n) is 7.85. The van der Waals surface area contributed by atoms with Gasteiger partial charge in [0.2, 0.25) is 0 Å². The Bertz CT molecular complexity index is 542. The first-order valence-corrected chi connectivity index (χ1v) is 7.85. The molecule has 1 amide bonds. The molecule has 3 heterocycles. The van der Waals surface area contributed by atoms with Gasteiger partial charge in [-0.25, -0.2) is 0 Å². The van der Waals surface area contributed by atoms with E-state index in [1.54, 1.807) is 13.0 Å². The van der Waals surface area contributed by atoms with E-state index in [9.17, 15) is 4.79 Å². The van der Waals surface area contributed by atoms with E-state index in [0.717, 1.165) is 32.6 Å². The lowest BCUT2D eigenvalue weighted by molar-refractivity contribution is -0.0173. The molecular formula is C16H23N3O3. The minimum atomic E-state index is -0.0638. The number of piperidine rings is 1. The molecule has 2 aliphatic heterocycles. The van der Waals surface area contributed by atoms with E-state index in [2.05, 4.69) is 16.6 Å². The highest BCUT2D eigenvalue weighted by Crippen LogP contribution is 2.25. The zero-order valence-electron chi connectivity index (χ0n) is 13.0. The second kappa shape index (κ2) is 6.62. The average molecular weight is 305 g/mol. The number of likely N-dealkylation sites (tertiary alicyclic amines) is 1. The Hall–Kier alpha value is -1.66. The Balaban J connectivity index is 1.64. The zero-order chi connectivity index (χ0) is 15.5. The largest absolute Gasteiger partial charge is 0.375 e. The fraction of sp³-hybridized carbons (Fsp3) is 0.625. The summed E-state index contributed by atoms with van der Waals surface area (Å²) in [5, 5.41) is 3.82. The fourth-order valence-corrected chi connectivity index (χ4v) is 3.28. The molecule has 1 aromatic heterocycles. The Morgan fingerprint density at radius 3 is 3.09 bits per heavy atom. The molecule has 0 radical (unpaired) electrons. The van der Waals surface area contributed by atoms with Crippen LogP contribution in [-0.4, -0.2) is 66.3 Å². The van der Waals surface area contributed by atoms with Gasteiger partial charge < -0.3 is 14.2 Å². The van der Waals surface area contributed by atoms with E-state index in [0.29, 0.717) is 30.5 Å². The van der Waals surface area contributed by atoms with Gasteiger partial charge in [-0.3, -0.25) is 9.69 Å². The van der Waals surface area contributed by atoms with Gasteiger partial charge in [0.05, 0.1) is 12.7 Å². The molecule has 2 fully saturated rings. The molecule has 22 heavy (non-hydrogen) atoms. The molecule has 0 aliphatic carbocycles. The monoisotopic (exact) mass is 305 g/mol. The van der Waals surface area contributed by atoms with Crippen molar-refractivity contribution in [2.45, 2.75) is 19.4 Å². The van der Waals surface area contributed by atoms with Gasteiger partial charge in [-0.05, 0) is 13.3 Å². The molecule has 3 rings (SSSR count). The van der Waals surface area contributed by atoms with Crippen LogP contribution in [0.25, 0.3) is 0 Å². The Morgan fingerprint density at radius 1 is 1.50 bits per heavy atom. The van der Waals surface area contributed by atoms with E-state index in [4.69, 9.17) is 9.26 Å². The second-order valence-corrected chi connectivity index (χ2v) is 6.08.